The molecule has 17 heavy (non-hydrogen) atoms. The summed E-state index contributed by atoms with van der Waals surface area (Å²) in [5, 5.41) is 3.54. The van der Waals surface area contributed by atoms with Crippen LogP contribution in [-0.4, -0.2) is 62.5 Å². The van der Waals surface area contributed by atoms with Gasteiger partial charge in [-0.25, -0.2) is 0 Å². The van der Waals surface area contributed by atoms with Crippen LogP contribution >= 0.6 is 0 Å². The van der Waals surface area contributed by atoms with Crippen molar-refractivity contribution in [2.75, 3.05) is 39.4 Å². The van der Waals surface area contributed by atoms with Crippen molar-refractivity contribution >= 4 is 0 Å². The van der Waals surface area contributed by atoms with E-state index >= 15 is 0 Å². The number of hydrogen-bond acceptors (Lipinski definition) is 4. The van der Waals surface area contributed by atoms with Crippen LogP contribution in [0.25, 0.3) is 0 Å². The van der Waals surface area contributed by atoms with Crippen LogP contribution in [0.1, 0.15) is 19.8 Å². The van der Waals surface area contributed by atoms with Crippen LogP contribution in [-0.2, 0) is 9.47 Å². The summed E-state index contributed by atoms with van der Waals surface area (Å²) in [6, 6.07) is 0.556. The molecule has 98 valence electrons. The van der Waals surface area contributed by atoms with E-state index in [0.717, 1.165) is 32.8 Å². The Morgan fingerprint density at radius 1 is 1.18 bits per heavy atom. The third-order valence-corrected chi connectivity index (χ3v) is 4.28. The first-order chi connectivity index (χ1) is 8.35. The molecular formula is C13H24N2O2. The van der Waals surface area contributed by atoms with Gasteiger partial charge in [0.25, 0.3) is 0 Å². The highest BCUT2D eigenvalue weighted by Crippen LogP contribution is 2.27. The minimum atomic E-state index is 0.508. The van der Waals surface area contributed by atoms with Gasteiger partial charge in [-0.15, -0.1) is 0 Å². The quantitative estimate of drug-likeness (QED) is 0.775. The van der Waals surface area contributed by atoms with E-state index in [9.17, 15) is 0 Å². The molecule has 4 nitrogen and oxygen atoms in total. The fourth-order valence-electron chi connectivity index (χ4n) is 3.45. The minimum absolute atomic E-state index is 0.508. The molecule has 2 bridgehead atoms. The molecule has 4 heteroatoms. The number of fused-ring (bicyclic) bond motifs is 2. The number of likely N-dealkylation sites (tertiary alicyclic amines) is 1. The van der Waals surface area contributed by atoms with Gasteiger partial charge in [0.05, 0.1) is 25.4 Å². The Morgan fingerprint density at radius 3 is 2.65 bits per heavy atom. The Bertz CT molecular complexity index is 250. The average molecular weight is 240 g/mol. The highest BCUT2D eigenvalue weighted by Gasteiger charge is 2.36. The van der Waals surface area contributed by atoms with Crippen LogP contribution in [0.15, 0.2) is 0 Å². The normalized spacial score (nSPS) is 42.2. The zero-order valence-corrected chi connectivity index (χ0v) is 10.7. The van der Waals surface area contributed by atoms with Gasteiger partial charge in [-0.3, -0.25) is 4.90 Å². The molecule has 0 saturated carbocycles. The van der Waals surface area contributed by atoms with Crippen molar-refractivity contribution in [2.45, 2.75) is 38.0 Å². The van der Waals surface area contributed by atoms with E-state index < -0.39 is 0 Å². The molecule has 3 heterocycles. The molecule has 3 rings (SSSR count). The third-order valence-electron chi connectivity index (χ3n) is 4.28. The predicted octanol–water partition coefficient (Wildman–Crippen LogP) is 0.474. The second kappa shape index (κ2) is 5.22. The zero-order valence-electron chi connectivity index (χ0n) is 10.7. The first-order valence-corrected chi connectivity index (χ1v) is 7.04. The van der Waals surface area contributed by atoms with Gasteiger partial charge < -0.3 is 14.8 Å². The molecule has 0 spiro atoms. The van der Waals surface area contributed by atoms with Crippen molar-refractivity contribution in [3.63, 3.8) is 0 Å². The topological polar surface area (TPSA) is 33.7 Å². The summed E-state index contributed by atoms with van der Waals surface area (Å²) in [6.45, 7) is 8.45. The summed E-state index contributed by atoms with van der Waals surface area (Å²) >= 11 is 0. The molecule has 0 aromatic carbocycles. The molecule has 4 unspecified atom stereocenters. The van der Waals surface area contributed by atoms with Gasteiger partial charge >= 0.3 is 0 Å². The number of morpholine rings is 1. The van der Waals surface area contributed by atoms with Gasteiger partial charge in [0.2, 0.25) is 0 Å². The molecule has 3 aliphatic heterocycles. The van der Waals surface area contributed by atoms with Crippen LogP contribution in [0.3, 0.4) is 0 Å². The highest BCUT2D eigenvalue weighted by molar-refractivity contribution is 4.89. The maximum Gasteiger partial charge on any atom is 0.0707 e. The first-order valence-electron chi connectivity index (χ1n) is 7.04. The van der Waals surface area contributed by atoms with Gasteiger partial charge in [0.15, 0.2) is 0 Å². The zero-order chi connectivity index (χ0) is 11.7. The summed E-state index contributed by atoms with van der Waals surface area (Å²) in [4.78, 5) is 2.59. The number of rotatable bonds is 4. The van der Waals surface area contributed by atoms with Crippen LogP contribution in [0.5, 0.6) is 0 Å². The SMILES string of the molecule is CCNC1COCC1CN1CC2CCC(C1)O2. The Hall–Kier alpha value is -0.160. The molecule has 0 aromatic heterocycles. The lowest BCUT2D eigenvalue weighted by molar-refractivity contribution is -0.0433. The maximum absolute atomic E-state index is 5.88. The van der Waals surface area contributed by atoms with Gasteiger partial charge in [-0.1, -0.05) is 6.92 Å². The monoisotopic (exact) mass is 240 g/mol. The van der Waals surface area contributed by atoms with Crippen LogP contribution in [0.4, 0.5) is 0 Å². The molecule has 0 aliphatic carbocycles. The second-order valence-electron chi connectivity index (χ2n) is 5.64. The minimum Gasteiger partial charge on any atom is -0.379 e. The van der Waals surface area contributed by atoms with E-state index in [-0.39, 0.29) is 0 Å². The summed E-state index contributed by atoms with van der Waals surface area (Å²) in [7, 11) is 0. The summed E-state index contributed by atoms with van der Waals surface area (Å²) in [6.07, 6.45) is 3.54. The van der Waals surface area contributed by atoms with Gasteiger partial charge in [-0.05, 0) is 19.4 Å². The largest absolute Gasteiger partial charge is 0.379 e. The lowest BCUT2D eigenvalue weighted by atomic mass is 10.0. The number of nitrogens with zero attached hydrogens (tertiary/aromatic N) is 1. The third kappa shape index (κ3) is 2.65. The highest BCUT2D eigenvalue weighted by atomic mass is 16.5. The second-order valence-corrected chi connectivity index (χ2v) is 5.64. The Morgan fingerprint density at radius 2 is 1.94 bits per heavy atom. The van der Waals surface area contributed by atoms with Crippen molar-refractivity contribution in [3.05, 3.63) is 0 Å². The molecule has 4 atom stereocenters. The molecule has 3 fully saturated rings. The van der Waals surface area contributed by atoms with Crippen molar-refractivity contribution in [1.29, 1.82) is 0 Å². The predicted molar refractivity (Wildman–Crippen MR) is 66.1 cm³/mol. The van der Waals surface area contributed by atoms with Gasteiger partial charge in [0.1, 0.15) is 0 Å². The fraction of sp³-hybridized carbons (Fsp3) is 1.00. The molecular weight excluding hydrogens is 216 g/mol. The maximum atomic E-state index is 5.88. The molecule has 0 amide bonds. The van der Waals surface area contributed by atoms with E-state index in [1.165, 1.54) is 19.4 Å². The van der Waals surface area contributed by atoms with Gasteiger partial charge in [0, 0.05) is 31.6 Å². The summed E-state index contributed by atoms with van der Waals surface area (Å²) in [5.74, 6) is 0.660. The molecule has 3 saturated heterocycles. The first kappa shape index (κ1) is 11.9. The number of nitrogens with one attached hydrogen (secondary N) is 1. The molecule has 1 N–H and O–H groups in total. The van der Waals surface area contributed by atoms with E-state index in [1.54, 1.807) is 0 Å². The van der Waals surface area contributed by atoms with E-state index in [4.69, 9.17) is 9.47 Å². The van der Waals surface area contributed by atoms with Crippen molar-refractivity contribution in [2.24, 2.45) is 5.92 Å². The van der Waals surface area contributed by atoms with E-state index in [0.29, 0.717) is 24.2 Å². The summed E-state index contributed by atoms with van der Waals surface area (Å²) < 4.78 is 11.5. The smallest absolute Gasteiger partial charge is 0.0707 e. The average Bonchev–Trinajstić information content (AvgIpc) is 2.87. The number of likely N-dealkylation sites (N-methyl/N-ethyl adjacent to an activating group) is 1. The fourth-order valence-corrected chi connectivity index (χ4v) is 3.45. The number of ether oxygens (including phenoxy) is 2. The van der Waals surface area contributed by atoms with Crippen LogP contribution in [0, 0.1) is 5.92 Å². The summed E-state index contributed by atoms with van der Waals surface area (Å²) in [5.41, 5.74) is 0. The van der Waals surface area contributed by atoms with Gasteiger partial charge in [-0.2, -0.15) is 0 Å². The van der Waals surface area contributed by atoms with Crippen LogP contribution in [0.2, 0.25) is 0 Å². The van der Waals surface area contributed by atoms with Crippen molar-refractivity contribution in [1.82, 2.24) is 10.2 Å². The Labute approximate surface area is 104 Å². The number of hydrogen-bond donors (Lipinski definition) is 1. The lowest BCUT2D eigenvalue weighted by Crippen LogP contribution is -2.48. The van der Waals surface area contributed by atoms with E-state index in [2.05, 4.69) is 17.1 Å². The van der Waals surface area contributed by atoms with E-state index in [1.807, 2.05) is 0 Å². The van der Waals surface area contributed by atoms with Crippen molar-refractivity contribution < 1.29 is 9.47 Å². The molecule has 3 aliphatic rings. The molecule has 0 aromatic rings. The Kier molecular flexibility index (Phi) is 3.66. The van der Waals surface area contributed by atoms with Crippen molar-refractivity contribution in [3.8, 4) is 0 Å². The Balaban J connectivity index is 1.52. The molecule has 0 radical (unpaired) electrons. The lowest BCUT2D eigenvalue weighted by Gasteiger charge is -2.34. The van der Waals surface area contributed by atoms with Crippen LogP contribution < -0.4 is 5.32 Å². The standard InChI is InChI=1S/C13H24N2O2/c1-2-14-13-9-16-8-10(13)5-15-6-11-3-4-12(7-15)17-11/h10-14H,2-9H2,1H3.